The number of likely N-dealkylation sites (N-methyl/N-ethyl adjacent to an activating group) is 1. The third-order valence-corrected chi connectivity index (χ3v) is 3.20. The topological polar surface area (TPSA) is 55.6 Å². The summed E-state index contributed by atoms with van der Waals surface area (Å²) in [6, 6.07) is 5.70. The highest BCUT2D eigenvalue weighted by Crippen LogP contribution is 2.27. The van der Waals surface area contributed by atoms with Crippen LogP contribution in [0, 0.1) is 0 Å². The lowest BCUT2D eigenvalue weighted by Crippen LogP contribution is -2.39. The smallest absolute Gasteiger partial charge is 0.406 e. The first-order valence-electron chi connectivity index (χ1n) is 6.54. The van der Waals surface area contributed by atoms with Crippen LogP contribution >= 0.6 is 0 Å². The summed E-state index contributed by atoms with van der Waals surface area (Å²) in [6.07, 6.45) is -4.48. The van der Waals surface area contributed by atoms with E-state index in [2.05, 4.69) is 4.74 Å². The van der Waals surface area contributed by atoms with Gasteiger partial charge in [-0.2, -0.15) is 0 Å². The summed E-state index contributed by atoms with van der Waals surface area (Å²) in [6.45, 7) is 2.13. The maximum atomic E-state index is 12.3. The summed E-state index contributed by atoms with van der Waals surface area (Å²) in [5, 5.41) is 0. The molecule has 4 nitrogen and oxygen atoms in total. The summed E-state index contributed by atoms with van der Waals surface area (Å²) in [5.41, 5.74) is 5.82. The molecule has 1 aromatic rings. The normalized spacial score (nSPS) is 12.9. The van der Waals surface area contributed by atoms with Gasteiger partial charge in [0.05, 0.1) is 0 Å². The third-order valence-electron chi connectivity index (χ3n) is 3.20. The lowest BCUT2D eigenvalue weighted by Gasteiger charge is -2.23. The zero-order chi connectivity index (χ0) is 16.0. The molecule has 0 aliphatic carbocycles. The molecule has 0 bridgehead atoms. The van der Waals surface area contributed by atoms with E-state index in [1.807, 2.05) is 0 Å². The van der Waals surface area contributed by atoms with Crippen LogP contribution in [0.15, 0.2) is 24.3 Å². The van der Waals surface area contributed by atoms with E-state index in [-0.39, 0.29) is 30.5 Å². The fraction of sp³-hybridized carbons (Fsp3) is 0.500. The number of nitrogens with two attached hydrogens (primary N) is 1. The number of alkyl halides is 3. The van der Waals surface area contributed by atoms with Gasteiger partial charge in [0, 0.05) is 26.1 Å². The number of carbonyl (C=O) groups excluding carboxylic acids is 1. The van der Waals surface area contributed by atoms with Crippen molar-refractivity contribution in [3.63, 3.8) is 0 Å². The maximum Gasteiger partial charge on any atom is 0.573 e. The molecule has 7 heteroatoms. The average molecular weight is 304 g/mol. The maximum absolute atomic E-state index is 12.3. The Morgan fingerprint density at radius 2 is 2.00 bits per heavy atom. The van der Waals surface area contributed by atoms with E-state index < -0.39 is 6.36 Å². The summed E-state index contributed by atoms with van der Waals surface area (Å²) in [7, 11) is 1.62. The van der Waals surface area contributed by atoms with Crippen molar-refractivity contribution in [3.05, 3.63) is 29.8 Å². The Morgan fingerprint density at radius 3 is 2.57 bits per heavy atom. The molecule has 0 aromatic heterocycles. The van der Waals surface area contributed by atoms with Crippen LogP contribution in [0.4, 0.5) is 13.2 Å². The molecule has 1 unspecified atom stereocenters. The van der Waals surface area contributed by atoms with E-state index in [9.17, 15) is 18.0 Å². The second-order valence-corrected chi connectivity index (χ2v) is 4.74. The highest BCUT2D eigenvalue weighted by atomic mass is 19.4. The van der Waals surface area contributed by atoms with Crippen molar-refractivity contribution >= 4 is 5.91 Å². The van der Waals surface area contributed by atoms with E-state index in [0.29, 0.717) is 12.1 Å². The minimum atomic E-state index is -4.75. The van der Waals surface area contributed by atoms with Crippen molar-refractivity contribution in [1.29, 1.82) is 0 Å². The van der Waals surface area contributed by atoms with Gasteiger partial charge in [0.25, 0.3) is 0 Å². The van der Waals surface area contributed by atoms with Crippen molar-refractivity contribution in [2.45, 2.75) is 32.2 Å². The van der Waals surface area contributed by atoms with Crippen molar-refractivity contribution in [2.24, 2.45) is 5.73 Å². The summed E-state index contributed by atoms with van der Waals surface area (Å²) in [4.78, 5) is 13.4. The molecule has 118 valence electrons. The third kappa shape index (κ3) is 5.63. The van der Waals surface area contributed by atoms with E-state index in [1.54, 1.807) is 20.0 Å². The van der Waals surface area contributed by atoms with E-state index in [4.69, 9.17) is 5.73 Å². The number of hydrogen-bond acceptors (Lipinski definition) is 3. The van der Waals surface area contributed by atoms with Gasteiger partial charge in [-0.05, 0) is 25.0 Å². The van der Waals surface area contributed by atoms with Gasteiger partial charge in [0.1, 0.15) is 5.75 Å². The van der Waals surface area contributed by atoms with Crippen molar-refractivity contribution in [2.75, 3.05) is 13.6 Å². The molecule has 0 fully saturated rings. The first kappa shape index (κ1) is 17.3. The van der Waals surface area contributed by atoms with E-state index in [1.165, 1.54) is 23.1 Å². The molecule has 2 N–H and O–H groups in total. The monoisotopic (exact) mass is 304 g/mol. The second kappa shape index (κ2) is 7.31. The lowest BCUT2D eigenvalue weighted by atomic mass is 10.1. The van der Waals surface area contributed by atoms with Crippen LogP contribution in [-0.2, 0) is 11.2 Å². The Morgan fingerprint density at radius 1 is 1.38 bits per heavy atom. The van der Waals surface area contributed by atoms with Gasteiger partial charge in [-0.1, -0.05) is 18.2 Å². The lowest BCUT2D eigenvalue weighted by molar-refractivity contribution is -0.274. The highest BCUT2D eigenvalue weighted by molar-refractivity contribution is 5.76. The Balaban J connectivity index is 2.69. The first-order chi connectivity index (χ1) is 9.74. The molecule has 0 spiro atoms. The number of ether oxygens (including phenoxy) is 1. The quantitative estimate of drug-likeness (QED) is 0.877. The molecule has 0 aliphatic rings. The molecule has 1 amide bonds. The SMILES string of the molecule is CC(CN)N(C)C(=O)CCc1ccccc1OC(F)(F)F. The fourth-order valence-electron chi connectivity index (χ4n) is 1.76. The number of aryl methyl sites for hydroxylation is 1. The highest BCUT2D eigenvalue weighted by Gasteiger charge is 2.32. The van der Waals surface area contributed by atoms with Crippen LogP contribution in [0.2, 0.25) is 0 Å². The van der Waals surface area contributed by atoms with Crippen LogP contribution in [0.3, 0.4) is 0 Å². The molecule has 1 atom stereocenters. The Bertz CT molecular complexity index is 478. The van der Waals surface area contributed by atoms with Crippen LogP contribution in [0.25, 0.3) is 0 Å². The zero-order valence-corrected chi connectivity index (χ0v) is 12.0. The Hall–Kier alpha value is -1.76. The average Bonchev–Trinajstić information content (AvgIpc) is 2.42. The van der Waals surface area contributed by atoms with E-state index in [0.717, 1.165) is 0 Å². The summed E-state index contributed by atoms with van der Waals surface area (Å²) in [5.74, 6) is -0.443. The van der Waals surface area contributed by atoms with Gasteiger partial charge < -0.3 is 15.4 Å². The van der Waals surface area contributed by atoms with Gasteiger partial charge in [0.15, 0.2) is 0 Å². The van der Waals surface area contributed by atoms with Gasteiger partial charge in [-0.25, -0.2) is 0 Å². The number of benzene rings is 1. The predicted octanol–water partition coefficient (Wildman–Crippen LogP) is 2.32. The van der Waals surface area contributed by atoms with E-state index >= 15 is 0 Å². The molecule has 0 saturated carbocycles. The molecular weight excluding hydrogens is 285 g/mol. The number of amides is 1. The predicted molar refractivity (Wildman–Crippen MR) is 72.7 cm³/mol. The molecular formula is C14H19F3N2O2. The zero-order valence-electron chi connectivity index (χ0n) is 12.0. The molecule has 0 aliphatic heterocycles. The van der Waals surface area contributed by atoms with Gasteiger partial charge in [0.2, 0.25) is 5.91 Å². The second-order valence-electron chi connectivity index (χ2n) is 4.74. The van der Waals surface area contributed by atoms with Crippen molar-refractivity contribution < 1.29 is 22.7 Å². The van der Waals surface area contributed by atoms with Crippen LogP contribution < -0.4 is 10.5 Å². The number of para-hydroxylation sites is 1. The van der Waals surface area contributed by atoms with Crippen LogP contribution in [0.5, 0.6) is 5.75 Å². The molecule has 21 heavy (non-hydrogen) atoms. The standard InChI is InChI=1S/C14H19F3N2O2/c1-10(9-18)19(2)13(20)8-7-11-5-3-4-6-12(11)21-14(15,16)17/h3-6,10H,7-9,18H2,1-2H3. The molecule has 0 radical (unpaired) electrons. The Kier molecular flexibility index (Phi) is 6.02. The van der Waals surface area contributed by atoms with Gasteiger partial charge in [-0.15, -0.1) is 13.2 Å². The largest absolute Gasteiger partial charge is 0.573 e. The Labute approximate surface area is 121 Å². The van der Waals surface area contributed by atoms with Gasteiger partial charge >= 0.3 is 6.36 Å². The first-order valence-corrected chi connectivity index (χ1v) is 6.54. The number of halogens is 3. The minimum absolute atomic E-state index is 0.0963. The van der Waals surface area contributed by atoms with Gasteiger partial charge in [-0.3, -0.25) is 4.79 Å². The van der Waals surface area contributed by atoms with Crippen LogP contribution in [-0.4, -0.2) is 36.8 Å². The van der Waals surface area contributed by atoms with Crippen molar-refractivity contribution in [3.8, 4) is 5.75 Å². The number of hydrogen-bond donors (Lipinski definition) is 1. The summed E-state index contributed by atoms with van der Waals surface area (Å²) >= 11 is 0. The fourth-order valence-corrected chi connectivity index (χ4v) is 1.76. The minimum Gasteiger partial charge on any atom is -0.406 e. The molecule has 0 saturated heterocycles. The van der Waals surface area contributed by atoms with Crippen LogP contribution in [0.1, 0.15) is 18.9 Å². The molecule has 1 aromatic carbocycles. The van der Waals surface area contributed by atoms with Crippen molar-refractivity contribution in [1.82, 2.24) is 4.90 Å². The number of nitrogens with zero attached hydrogens (tertiary/aromatic N) is 1. The number of rotatable bonds is 6. The molecule has 0 heterocycles. The summed E-state index contributed by atoms with van der Waals surface area (Å²) < 4.78 is 40.8. The number of carbonyl (C=O) groups is 1. The molecule has 1 rings (SSSR count).